The van der Waals surface area contributed by atoms with Gasteiger partial charge < -0.3 is 62.5 Å². The number of aryl methyl sites for hydroxylation is 3. The molecule has 3 N–H and O–H groups in total. The van der Waals surface area contributed by atoms with Gasteiger partial charge in [0.05, 0.1) is 108 Å². The Kier molecular flexibility index (Phi) is 23.4. The van der Waals surface area contributed by atoms with Crippen LogP contribution in [0.4, 0.5) is 0 Å². The summed E-state index contributed by atoms with van der Waals surface area (Å²) in [4.78, 5) is 27.8. The molecule has 0 bridgehead atoms. The summed E-state index contributed by atoms with van der Waals surface area (Å²) in [5.74, 6) is -0.718. The summed E-state index contributed by atoms with van der Waals surface area (Å²) in [5.41, 5.74) is 2.50. The van der Waals surface area contributed by atoms with E-state index >= 15 is 0 Å². The van der Waals surface area contributed by atoms with E-state index in [2.05, 4.69) is 5.32 Å². The van der Waals surface area contributed by atoms with Crippen molar-refractivity contribution in [3.8, 4) is 17.2 Å². The van der Waals surface area contributed by atoms with E-state index in [1.165, 1.54) is 0 Å². The Bertz CT molecular complexity index is 2120. The minimum absolute atomic E-state index is 0.0318. The maximum Gasteiger partial charge on any atom is 0.345 e. The van der Waals surface area contributed by atoms with Gasteiger partial charge in [0.15, 0.2) is 6.54 Å². The Morgan fingerprint density at radius 2 is 1.11 bits per heavy atom. The fraction of sp³-hybridized carbons (Fsp3) is 0.543. The number of nitrogens with one attached hydrogen (secondary N) is 1. The summed E-state index contributed by atoms with van der Waals surface area (Å²) in [6.07, 6.45) is -1.16. The van der Waals surface area contributed by atoms with Crippen molar-refractivity contribution in [2.24, 2.45) is 0 Å². The molecule has 1 heterocycles. The van der Waals surface area contributed by atoms with Crippen LogP contribution in [0.5, 0.6) is 17.2 Å². The third-order valence-electron chi connectivity index (χ3n) is 9.91. The zero-order valence-corrected chi connectivity index (χ0v) is 39.5. The van der Waals surface area contributed by atoms with Gasteiger partial charge >= 0.3 is 5.97 Å². The summed E-state index contributed by atoms with van der Waals surface area (Å²) in [6, 6.07) is 13.5. The second-order valence-electron chi connectivity index (χ2n) is 15.1. The van der Waals surface area contributed by atoms with Crippen LogP contribution in [0.3, 0.4) is 0 Å². The molecular formula is C46H65N2O17S+. The molecule has 0 aliphatic heterocycles. The number of hydrogen-bond donors (Lipinski definition) is 3. The molecule has 66 heavy (non-hydrogen) atoms. The molecule has 4 aromatic rings. The number of esters is 1. The SMILES string of the molecule is COCCOCC(COCCOC)Oc1ccc2c(c1)c(C(=O)Oc1c(C)cc(C(=O)NCCO)cc1C)c1cc(OC(COCCOC)COCCOC)ccc1[n+]2CCCS(=O)(=O)O. The van der Waals surface area contributed by atoms with Gasteiger partial charge in [0.1, 0.15) is 29.5 Å². The summed E-state index contributed by atoms with van der Waals surface area (Å²) >= 11 is 0. The molecule has 0 radical (unpaired) electrons. The lowest BCUT2D eigenvalue weighted by Gasteiger charge is -2.21. The molecule has 0 saturated heterocycles. The number of rotatable bonds is 33. The van der Waals surface area contributed by atoms with E-state index in [9.17, 15) is 27.7 Å². The number of nitrogens with zero attached hydrogens (tertiary/aromatic N) is 1. The summed E-state index contributed by atoms with van der Waals surface area (Å²) in [5, 5.41) is 12.6. The van der Waals surface area contributed by atoms with Gasteiger partial charge in [-0.2, -0.15) is 13.0 Å². The maximum atomic E-state index is 15.0. The molecule has 20 heteroatoms. The van der Waals surface area contributed by atoms with Crippen molar-refractivity contribution in [2.75, 3.05) is 127 Å². The summed E-state index contributed by atoms with van der Waals surface area (Å²) < 4.78 is 98.4. The highest BCUT2D eigenvalue weighted by Gasteiger charge is 2.29. The molecule has 0 aliphatic rings. The molecule has 4 rings (SSSR count). The average molecular weight is 950 g/mol. The lowest BCUT2D eigenvalue weighted by atomic mass is 10.0. The molecule has 3 aromatic carbocycles. The van der Waals surface area contributed by atoms with Crippen LogP contribution in [0, 0.1) is 13.8 Å². The predicted molar refractivity (Wildman–Crippen MR) is 243 cm³/mol. The van der Waals surface area contributed by atoms with Gasteiger partial charge in [0, 0.05) is 59.1 Å². The molecule has 0 spiro atoms. The maximum absolute atomic E-state index is 15.0. The average Bonchev–Trinajstić information content (AvgIpc) is 3.28. The quantitative estimate of drug-likeness (QED) is 0.0156. The van der Waals surface area contributed by atoms with Gasteiger partial charge in [-0.1, -0.05) is 0 Å². The molecule has 1 aromatic heterocycles. The van der Waals surface area contributed by atoms with Crippen molar-refractivity contribution in [1.29, 1.82) is 0 Å². The first-order chi connectivity index (χ1) is 31.8. The number of aliphatic hydroxyl groups is 1. The molecule has 1 amide bonds. The van der Waals surface area contributed by atoms with E-state index in [0.29, 0.717) is 103 Å². The number of methoxy groups -OCH3 is 4. The number of ether oxygens (including phenoxy) is 11. The van der Waals surface area contributed by atoms with Crippen molar-refractivity contribution in [3.63, 3.8) is 0 Å². The largest absolute Gasteiger partial charge is 0.486 e. The van der Waals surface area contributed by atoms with E-state index in [4.69, 9.17) is 52.1 Å². The van der Waals surface area contributed by atoms with E-state index in [0.717, 1.165) is 0 Å². The predicted octanol–water partition coefficient (Wildman–Crippen LogP) is 3.26. The van der Waals surface area contributed by atoms with Gasteiger partial charge in [-0.15, -0.1) is 0 Å². The Labute approximate surface area is 386 Å². The van der Waals surface area contributed by atoms with Crippen LogP contribution >= 0.6 is 0 Å². The lowest BCUT2D eigenvalue weighted by Crippen LogP contribution is -2.37. The second-order valence-corrected chi connectivity index (χ2v) is 16.7. The van der Waals surface area contributed by atoms with E-state index in [1.807, 2.05) is 4.57 Å². The van der Waals surface area contributed by atoms with Crippen molar-refractivity contribution in [1.82, 2.24) is 5.32 Å². The Morgan fingerprint density at radius 1 is 0.667 bits per heavy atom. The number of carbonyl (C=O) groups is 2. The topological polar surface area (TPSA) is 226 Å². The van der Waals surface area contributed by atoms with Crippen LogP contribution in [-0.4, -0.2) is 169 Å². The molecule has 0 aliphatic carbocycles. The standard InChI is InChI=1S/C46H64N2O17S/c1-32-24-34(45(50)47-12-14-49)25-33(2)44(32)65-46(51)43-39-26-35(63-37(28-59-19-15-55-3)29-60-20-16-56-4)8-10-41(39)48(13-7-23-66(52,53)54)42-11-9-36(27-40(42)43)64-38(30-61-21-17-57-5)31-62-22-18-58-6/h8-11,24-27,37-38,49H,7,12-23,28-31H2,1-6H3,(H-,47,50,52,53,54)/p+1. The minimum Gasteiger partial charge on any atom is -0.486 e. The van der Waals surface area contributed by atoms with E-state index < -0.39 is 40.0 Å². The number of benzene rings is 3. The fourth-order valence-corrected chi connectivity index (χ4v) is 7.39. The zero-order chi connectivity index (χ0) is 47.9. The summed E-state index contributed by atoms with van der Waals surface area (Å²) in [7, 11) is 1.99. The van der Waals surface area contributed by atoms with Gasteiger partial charge in [0.25, 0.3) is 16.0 Å². The van der Waals surface area contributed by atoms with Gasteiger partial charge in [-0.3, -0.25) is 9.35 Å². The molecule has 0 saturated carbocycles. The van der Waals surface area contributed by atoms with Crippen LogP contribution in [0.1, 0.15) is 38.3 Å². The number of amides is 1. The molecule has 0 unspecified atom stereocenters. The van der Waals surface area contributed by atoms with Crippen LogP contribution in [-0.2, 0) is 54.6 Å². The fourth-order valence-electron chi connectivity index (χ4n) is 6.89. The molecule has 19 nitrogen and oxygen atoms in total. The number of carbonyl (C=O) groups excluding carboxylic acids is 2. The van der Waals surface area contributed by atoms with Gasteiger partial charge in [0.2, 0.25) is 11.0 Å². The number of aliphatic hydroxyl groups excluding tert-OH is 1. The Morgan fingerprint density at radius 3 is 1.50 bits per heavy atom. The first kappa shape index (κ1) is 54.0. The van der Waals surface area contributed by atoms with Crippen LogP contribution in [0.15, 0.2) is 48.5 Å². The molecule has 366 valence electrons. The number of aromatic nitrogens is 1. The summed E-state index contributed by atoms with van der Waals surface area (Å²) in [6.45, 7) is 6.73. The third kappa shape index (κ3) is 17.3. The van der Waals surface area contributed by atoms with Crippen LogP contribution in [0.2, 0.25) is 0 Å². The van der Waals surface area contributed by atoms with Crippen molar-refractivity contribution in [2.45, 2.75) is 39.0 Å². The monoisotopic (exact) mass is 949 g/mol. The normalized spacial score (nSPS) is 11.8. The van der Waals surface area contributed by atoms with Crippen LogP contribution in [0.25, 0.3) is 21.8 Å². The lowest BCUT2D eigenvalue weighted by molar-refractivity contribution is -0.645. The Hall–Kier alpha value is -4.58. The second kappa shape index (κ2) is 28.6. The van der Waals surface area contributed by atoms with Gasteiger partial charge in [-0.05, 0) is 61.4 Å². The molecular weight excluding hydrogens is 885 g/mol. The van der Waals surface area contributed by atoms with Gasteiger partial charge in [-0.25, -0.2) is 4.79 Å². The zero-order valence-electron chi connectivity index (χ0n) is 38.7. The molecule has 0 fully saturated rings. The van der Waals surface area contributed by atoms with Crippen molar-refractivity contribution < 1.29 is 84.3 Å². The van der Waals surface area contributed by atoms with Crippen LogP contribution < -0.4 is 24.1 Å². The third-order valence-corrected chi connectivity index (χ3v) is 10.7. The highest BCUT2D eigenvalue weighted by Crippen LogP contribution is 2.34. The smallest absolute Gasteiger partial charge is 0.345 e. The highest BCUT2D eigenvalue weighted by atomic mass is 32.2. The molecule has 0 atom stereocenters. The number of hydrogen-bond acceptors (Lipinski definition) is 16. The first-order valence-corrected chi connectivity index (χ1v) is 23.2. The van der Waals surface area contributed by atoms with Crippen molar-refractivity contribution in [3.05, 3.63) is 70.8 Å². The van der Waals surface area contributed by atoms with E-state index in [1.54, 1.807) is 90.8 Å². The number of fused-ring (bicyclic) bond motifs is 2. The first-order valence-electron chi connectivity index (χ1n) is 21.5. The Balaban J connectivity index is 1.93. The van der Waals surface area contributed by atoms with Crippen molar-refractivity contribution >= 4 is 43.8 Å². The van der Waals surface area contributed by atoms with E-state index in [-0.39, 0.29) is 63.9 Å². The highest BCUT2D eigenvalue weighted by molar-refractivity contribution is 7.85. The minimum atomic E-state index is -4.31. The number of pyridine rings is 1.